The molecule has 1 saturated heterocycles. The lowest BCUT2D eigenvalue weighted by Gasteiger charge is -2.25. The zero-order valence-electron chi connectivity index (χ0n) is 11.0. The molecule has 1 atom stereocenters. The average molecular weight is 273 g/mol. The first-order valence-corrected chi connectivity index (χ1v) is 6.58. The van der Waals surface area contributed by atoms with Crippen LogP contribution in [-0.4, -0.2) is 31.1 Å². The van der Waals surface area contributed by atoms with E-state index in [0.717, 1.165) is 23.5 Å². The molecule has 20 heavy (non-hydrogen) atoms. The van der Waals surface area contributed by atoms with Gasteiger partial charge in [-0.3, -0.25) is 9.59 Å². The minimum atomic E-state index is -0.305. The number of carbonyl (C=O) groups excluding carboxylic acids is 2. The van der Waals surface area contributed by atoms with Crippen molar-refractivity contribution in [1.82, 2.24) is 0 Å². The van der Waals surface area contributed by atoms with Gasteiger partial charge in [-0.2, -0.15) is 0 Å². The smallest absolute Gasteiger partial charge is 0.258 e. The van der Waals surface area contributed by atoms with Crippen LogP contribution in [0.4, 0.5) is 5.69 Å². The van der Waals surface area contributed by atoms with Crippen molar-refractivity contribution in [2.24, 2.45) is 0 Å². The van der Waals surface area contributed by atoms with E-state index in [1.54, 1.807) is 12.1 Å². The number of ether oxygens (including phenoxy) is 2. The molecule has 1 fully saturated rings. The Hall–Kier alpha value is -1.98. The van der Waals surface area contributed by atoms with E-state index in [1.807, 2.05) is 12.1 Å². The molecule has 0 aliphatic carbocycles. The van der Waals surface area contributed by atoms with E-state index in [0.29, 0.717) is 18.9 Å². The Kier molecular flexibility index (Phi) is 3.62. The molecule has 5 nitrogen and oxygen atoms in total. The molecule has 104 valence electrons. The summed E-state index contributed by atoms with van der Waals surface area (Å²) in [5, 5.41) is 0. The lowest BCUT2D eigenvalue weighted by atomic mass is 10.2. The summed E-state index contributed by atoms with van der Waals surface area (Å²) in [5.41, 5.74) is 1.58. The summed E-state index contributed by atoms with van der Waals surface area (Å²) in [6.45, 7) is 1.93. The fourth-order valence-electron chi connectivity index (χ4n) is 2.12. The van der Waals surface area contributed by atoms with E-state index in [1.165, 1.54) is 12.2 Å². The largest absolute Gasteiger partial charge is 0.376 e. The minimum absolute atomic E-state index is 0.236. The molecular formula is C15H15NO4. The van der Waals surface area contributed by atoms with Crippen LogP contribution in [0.2, 0.25) is 0 Å². The average Bonchev–Trinajstić information content (AvgIpc) is 2.73. The van der Waals surface area contributed by atoms with Crippen LogP contribution in [0.5, 0.6) is 0 Å². The first-order chi connectivity index (χ1) is 9.74. The number of amides is 2. The van der Waals surface area contributed by atoms with E-state index < -0.39 is 0 Å². The Morgan fingerprint density at radius 3 is 2.35 bits per heavy atom. The SMILES string of the molecule is O=C1C=CC(=O)N1c1ccc(COCC2CCO2)cc1. The second-order valence-corrected chi connectivity index (χ2v) is 4.81. The molecule has 3 rings (SSSR count). The van der Waals surface area contributed by atoms with Crippen molar-refractivity contribution >= 4 is 17.5 Å². The highest BCUT2D eigenvalue weighted by Gasteiger charge is 2.24. The summed E-state index contributed by atoms with van der Waals surface area (Å²) in [5.74, 6) is -0.609. The van der Waals surface area contributed by atoms with Gasteiger partial charge in [0.05, 0.1) is 25.0 Å². The predicted octanol–water partition coefficient (Wildman–Crippen LogP) is 1.42. The first-order valence-electron chi connectivity index (χ1n) is 6.58. The maximum atomic E-state index is 11.5. The number of carbonyl (C=O) groups is 2. The van der Waals surface area contributed by atoms with Crippen molar-refractivity contribution in [3.8, 4) is 0 Å². The zero-order chi connectivity index (χ0) is 13.9. The van der Waals surface area contributed by atoms with Gasteiger partial charge in [0.25, 0.3) is 11.8 Å². The number of benzene rings is 1. The van der Waals surface area contributed by atoms with Gasteiger partial charge in [-0.1, -0.05) is 12.1 Å². The minimum Gasteiger partial charge on any atom is -0.376 e. The van der Waals surface area contributed by atoms with E-state index >= 15 is 0 Å². The summed E-state index contributed by atoms with van der Waals surface area (Å²) in [4.78, 5) is 24.2. The number of imide groups is 1. The number of hydrogen-bond acceptors (Lipinski definition) is 4. The van der Waals surface area contributed by atoms with Crippen LogP contribution in [0, 0.1) is 0 Å². The van der Waals surface area contributed by atoms with Gasteiger partial charge in [0.2, 0.25) is 0 Å². The summed E-state index contributed by atoms with van der Waals surface area (Å²) in [7, 11) is 0. The molecule has 5 heteroatoms. The van der Waals surface area contributed by atoms with Crippen molar-refractivity contribution in [2.45, 2.75) is 19.1 Å². The van der Waals surface area contributed by atoms with Crippen LogP contribution in [-0.2, 0) is 25.7 Å². The van der Waals surface area contributed by atoms with E-state index in [2.05, 4.69) is 0 Å². The molecule has 1 aromatic carbocycles. The second kappa shape index (κ2) is 5.56. The Bertz CT molecular complexity index is 527. The number of anilines is 1. The molecule has 0 bridgehead atoms. The fourth-order valence-corrected chi connectivity index (χ4v) is 2.12. The molecule has 1 aromatic rings. The maximum Gasteiger partial charge on any atom is 0.258 e. The Morgan fingerprint density at radius 2 is 1.80 bits per heavy atom. The van der Waals surface area contributed by atoms with Crippen molar-refractivity contribution in [3.63, 3.8) is 0 Å². The molecule has 2 aliphatic heterocycles. The molecule has 1 unspecified atom stereocenters. The van der Waals surface area contributed by atoms with Crippen LogP contribution in [0.25, 0.3) is 0 Å². The standard InChI is InChI=1S/C15H15NO4/c17-14-5-6-15(18)16(14)12-3-1-11(2-4-12)9-19-10-13-7-8-20-13/h1-6,13H,7-10H2. The maximum absolute atomic E-state index is 11.5. The van der Waals surface area contributed by atoms with Crippen molar-refractivity contribution in [2.75, 3.05) is 18.1 Å². The second-order valence-electron chi connectivity index (χ2n) is 4.81. The van der Waals surface area contributed by atoms with Gasteiger partial charge in [-0.05, 0) is 24.1 Å². The highest BCUT2D eigenvalue weighted by atomic mass is 16.5. The molecule has 0 aromatic heterocycles. The van der Waals surface area contributed by atoms with Gasteiger partial charge in [0, 0.05) is 18.8 Å². The lowest BCUT2D eigenvalue weighted by Crippen LogP contribution is -2.31. The molecule has 0 N–H and O–H groups in total. The number of nitrogens with zero attached hydrogens (tertiary/aromatic N) is 1. The van der Waals surface area contributed by atoms with Gasteiger partial charge in [0.1, 0.15) is 0 Å². The molecule has 2 amide bonds. The van der Waals surface area contributed by atoms with E-state index in [9.17, 15) is 9.59 Å². The van der Waals surface area contributed by atoms with Gasteiger partial charge in [-0.15, -0.1) is 0 Å². The third-order valence-electron chi connectivity index (χ3n) is 3.37. The number of hydrogen-bond donors (Lipinski definition) is 0. The highest BCUT2D eigenvalue weighted by molar-refractivity contribution is 6.28. The van der Waals surface area contributed by atoms with E-state index in [-0.39, 0.29) is 17.9 Å². The predicted molar refractivity (Wildman–Crippen MR) is 72.1 cm³/mol. The van der Waals surface area contributed by atoms with Crippen LogP contribution >= 0.6 is 0 Å². The lowest BCUT2D eigenvalue weighted by molar-refractivity contribution is -0.119. The molecule has 0 spiro atoms. The molecule has 0 saturated carbocycles. The van der Waals surface area contributed by atoms with Gasteiger partial charge in [0.15, 0.2) is 0 Å². The summed E-state index contributed by atoms with van der Waals surface area (Å²) < 4.78 is 10.8. The molecular weight excluding hydrogens is 258 g/mol. The first kappa shape index (κ1) is 13.0. The highest BCUT2D eigenvalue weighted by Crippen LogP contribution is 2.20. The van der Waals surface area contributed by atoms with Gasteiger partial charge in [-0.25, -0.2) is 4.90 Å². The quantitative estimate of drug-likeness (QED) is 0.761. The zero-order valence-corrected chi connectivity index (χ0v) is 11.0. The van der Waals surface area contributed by atoms with Crippen LogP contribution in [0.15, 0.2) is 36.4 Å². The summed E-state index contributed by atoms with van der Waals surface area (Å²) in [6, 6.07) is 7.22. The topological polar surface area (TPSA) is 55.8 Å². The van der Waals surface area contributed by atoms with Crippen LogP contribution in [0.1, 0.15) is 12.0 Å². The van der Waals surface area contributed by atoms with Gasteiger partial charge >= 0.3 is 0 Å². The fraction of sp³-hybridized carbons (Fsp3) is 0.333. The van der Waals surface area contributed by atoms with Crippen LogP contribution < -0.4 is 4.90 Å². The van der Waals surface area contributed by atoms with Crippen molar-refractivity contribution < 1.29 is 19.1 Å². The molecule has 2 aliphatic rings. The van der Waals surface area contributed by atoms with Crippen molar-refractivity contribution in [1.29, 1.82) is 0 Å². The molecule has 2 heterocycles. The Morgan fingerprint density at radius 1 is 1.15 bits per heavy atom. The summed E-state index contributed by atoms with van der Waals surface area (Å²) >= 11 is 0. The monoisotopic (exact) mass is 273 g/mol. The third-order valence-corrected chi connectivity index (χ3v) is 3.37. The van der Waals surface area contributed by atoms with Crippen LogP contribution in [0.3, 0.4) is 0 Å². The third kappa shape index (κ3) is 2.64. The molecule has 0 radical (unpaired) electrons. The van der Waals surface area contributed by atoms with Crippen molar-refractivity contribution in [3.05, 3.63) is 42.0 Å². The Balaban J connectivity index is 1.56. The summed E-state index contributed by atoms with van der Waals surface area (Å²) in [6.07, 6.45) is 3.85. The Labute approximate surface area is 116 Å². The normalized spacial score (nSPS) is 21.4. The van der Waals surface area contributed by atoms with Gasteiger partial charge < -0.3 is 9.47 Å². The van der Waals surface area contributed by atoms with E-state index in [4.69, 9.17) is 9.47 Å². The number of rotatable bonds is 5.